The first-order chi connectivity index (χ1) is 16.4. The topological polar surface area (TPSA) is 80.8 Å². The van der Waals surface area contributed by atoms with Crippen LogP contribution < -0.4 is 9.64 Å². The maximum absolute atomic E-state index is 14.0. The number of anilines is 1. The van der Waals surface area contributed by atoms with Gasteiger partial charge in [-0.1, -0.05) is 48.5 Å². The second kappa shape index (κ2) is 6.97. The van der Waals surface area contributed by atoms with Crippen molar-refractivity contribution < 1.29 is 23.9 Å². The summed E-state index contributed by atoms with van der Waals surface area (Å²) in [5, 5.41) is 0. The van der Waals surface area contributed by atoms with E-state index in [4.69, 9.17) is 4.74 Å². The largest absolute Gasteiger partial charge is 0.427 e. The van der Waals surface area contributed by atoms with Gasteiger partial charge < -0.3 is 4.74 Å². The first-order valence-corrected chi connectivity index (χ1v) is 11.2. The van der Waals surface area contributed by atoms with Gasteiger partial charge in [-0.15, -0.1) is 0 Å². The molecule has 2 amide bonds. The van der Waals surface area contributed by atoms with Crippen LogP contribution in [-0.4, -0.2) is 23.6 Å². The van der Waals surface area contributed by atoms with E-state index in [9.17, 15) is 19.2 Å². The van der Waals surface area contributed by atoms with Gasteiger partial charge in [0.25, 0.3) is 0 Å². The fourth-order valence-corrected chi connectivity index (χ4v) is 6.45. The lowest BCUT2D eigenvalue weighted by molar-refractivity contribution is -0.132. The van der Waals surface area contributed by atoms with Crippen LogP contribution in [0.25, 0.3) is 0 Å². The standard InChI is InChI=1S/C28H21NO5/c1-15(30)28-21-9-5-3-7-19(21)23(20-8-4-6-10-22(20)28)24-25(28)27(33)29(26(24)32)17-11-13-18(14-12-17)34-16(2)31/h3-14,23-25H,1-2H3. The van der Waals surface area contributed by atoms with Crippen molar-refractivity contribution in [2.24, 2.45) is 11.8 Å². The van der Waals surface area contributed by atoms with Crippen LogP contribution in [0.1, 0.15) is 42.0 Å². The van der Waals surface area contributed by atoms with Gasteiger partial charge in [0.2, 0.25) is 11.8 Å². The summed E-state index contributed by atoms with van der Waals surface area (Å²) in [5.74, 6) is -2.76. The summed E-state index contributed by atoms with van der Waals surface area (Å²) in [7, 11) is 0. The summed E-state index contributed by atoms with van der Waals surface area (Å²) in [6.07, 6.45) is 0. The van der Waals surface area contributed by atoms with Crippen molar-refractivity contribution in [2.45, 2.75) is 25.2 Å². The molecule has 1 aliphatic heterocycles. The SMILES string of the molecule is CC(=O)Oc1ccc(N2C(=O)C3C4c5ccccc5C(C(C)=O)(c5ccccc54)C3C2=O)cc1. The maximum atomic E-state index is 14.0. The number of carbonyl (C=O) groups is 4. The van der Waals surface area contributed by atoms with Gasteiger partial charge in [0.15, 0.2) is 0 Å². The van der Waals surface area contributed by atoms with Crippen molar-refractivity contribution in [3.8, 4) is 5.75 Å². The maximum Gasteiger partial charge on any atom is 0.308 e. The van der Waals surface area contributed by atoms with Crippen LogP contribution in [-0.2, 0) is 24.6 Å². The van der Waals surface area contributed by atoms with Gasteiger partial charge >= 0.3 is 5.97 Å². The number of rotatable bonds is 3. The molecule has 6 nitrogen and oxygen atoms in total. The molecule has 4 aliphatic rings. The van der Waals surface area contributed by atoms with Crippen molar-refractivity contribution in [3.05, 3.63) is 95.1 Å². The molecule has 1 heterocycles. The van der Waals surface area contributed by atoms with Crippen LogP contribution in [0.4, 0.5) is 5.69 Å². The second-order valence-corrected chi connectivity index (χ2v) is 9.12. The Morgan fingerprint density at radius 3 is 1.88 bits per heavy atom. The Bertz CT molecular complexity index is 1360. The smallest absolute Gasteiger partial charge is 0.308 e. The Morgan fingerprint density at radius 2 is 1.35 bits per heavy atom. The molecule has 3 aromatic carbocycles. The van der Waals surface area contributed by atoms with E-state index in [1.807, 2.05) is 48.5 Å². The van der Waals surface area contributed by atoms with Gasteiger partial charge in [-0.05, 0) is 53.4 Å². The molecule has 34 heavy (non-hydrogen) atoms. The zero-order chi connectivity index (χ0) is 23.8. The molecule has 2 atom stereocenters. The van der Waals surface area contributed by atoms with Crippen LogP contribution >= 0.6 is 0 Å². The van der Waals surface area contributed by atoms with Gasteiger partial charge in [-0.3, -0.25) is 19.2 Å². The number of Topliss-reactive ketones (excluding diaryl/α,β-unsaturated/α-hetero) is 1. The van der Waals surface area contributed by atoms with E-state index in [1.165, 1.54) is 18.7 Å². The number of benzene rings is 3. The number of hydrogen-bond donors (Lipinski definition) is 0. The minimum atomic E-state index is -1.22. The number of ketones is 1. The number of carbonyl (C=O) groups excluding carboxylic acids is 4. The number of esters is 1. The molecule has 168 valence electrons. The summed E-state index contributed by atoms with van der Waals surface area (Å²) in [4.78, 5) is 53.9. The first-order valence-electron chi connectivity index (χ1n) is 11.2. The van der Waals surface area contributed by atoms with Gasteiger partial charge in [-0.2, -0.15) is 0 Å². The van der Waals surface area contributed by atoms with Crippen LogP contribution in [0, 0.1) is 11.8 Å². The molecule has 2 unspecified atom stereocenters. The zero-order valence-electron chi connectivity index (χ0n) is 18.6. The lowest BCUT2D eigenvalue weighted by Crippen LogP contribution is -2.57. The average molecular weight is 451 g/mol. The molecule has 0 radical (unpaired) electrons. The second-order valence-electron chi connectivity index (χ2n) is 9.12. The molecule has 6 heteroatoms. The molecular formula is C28H21NO5. The van der Waals surface area contributed by atoms with Crippen molar-refractivity contribution in [1.29, 1.82) is 0 Å². The van der Waals surface area contributed by atoms with Gasteiger partial charge in [0, 0.05) is 12.8 Å². The van der Waals surface area contributed by atoms with E-state index in [1.54, 1.807) is 24.3 Å². The Labute approximate surface area is 196 Å². The van der Waals surface area contributed by atoms with Crippen molar-refractivity contribution in [3.63, 3.8) is 0 Å². The monoisotopic (exact) mass is 451 g/mol. The quantitative estimate of drug-likeness (QED) is 0.344. The normalized spacial score (nSPS) is 26.1. The van der Waals surface area contributed by atoms with Crippen molar-refractivity contribution in [1.82, 2.24) is 0 Å². The summed E-state index contributed by atoms with van der Waals surface area (Å²) in [5.41, 5.74) is 2.69. The van der Waals surface area contributed by atoms with Gasteiger partial charge in [0.1, 0.15) is 11.5 Å². The molecule has 0 N–H and O–H groups in total. The van der Waals surface area contributed by atoms with E-state index >= 15 is 0 Å². The van der Waals surface area contributed by atoms with Crippen molar-refractivity contribution in [2.75, 3.05) is 4.90 Å². The van der Waals surface area contributed by atoms with Crippen LogP contribution in [0.5, 0.6) is 5.75 Å². The average Bonchev–Trinajstić information content (AvgIpc) is 3.10. The highest BCUT2D eigenvalue weighted by atomic mass is 16.5. The van der Waals surface area contributed by atoms with Crippen LogP contribution in [0.15, 0.2) is 72.8 Å². The molecule has 3 aliphatic carbocycles. The lowest BCUT2D eigenvalue weighted by atomic mass is 9.46. The molecule has 3 aromatic rings. The number of ether oxygens (including phenoxy) is 1. The van der Waals surface area contributed by atoms with Crippen LogP contribution in [0.2, 0.25) is 0 Å². The predicted molar refractivity (Wildman–Crippen MR) is 123 cm³/mol. The van der Waals surface area contributed by atoms with Crippen LogP contribution in [0.3, 0.4) is 0 Å². The molecular weight excluding hydrogens is 430 g/mol. The highest BCUT2D eigenvalue weighted by Crippen LogP contribution is 2.64. The highest BCUT2D eigenvalue weighted by Gasteiger charge is 2.69. The van der Waals surface area contributed by atoms with E-state index in [-0.39, 0.29) is 23.5 Å². The van der Waals surface area contributed by atoms with E-state index in [0.717, 1.165) is 22.3 Å². The summed E-state index contributed by atoms with van der Waals surface area (Å²) < 4.78 is 5.08. The third-order valence-electron chi connectivity index (χ3n) is 7.53. The van der Waals surface area contributed by atoms with E-state index in [2.05, 4.69) is 0 Å². The van der Waals surface area contributed by atoms with E-state index < -0.39 is 23.2 Å². The fraction of sp³-hybridized carbons (Fsp3) is 0.214. The molecule has 0 aromatic heterocycles. The molecule has 1 saturated heterocycles. The Balaban J connectivity index is 1.56. The number of amides is 2. The summed E-state index contributed by atoms with van der Waals surface area (Å²) >= 11 is 0. The minimum Gasteiger partial charge on any atom is -0.427 e. The number of imide groups is 1. The number of hydrogen-bond acceptors (Lipinski definition) is 5. The zero-order valence-corrected chi connectivity index (χ0v) is 18.6. The van der Waals surface area contributed by atoms with Gasteiger partial charge in [0.05, 0.1) is 22.9 Å². The molecule has 2 bridgehead atoms. The third-order valence-corrected chi connectivity index (χ3v) is 7.53. The molecule has 7 rings (SSSR count). The minimum absolute atomic E-state index is 0.145. The van der Waals surface area contributed by atoms with E-state index in [0.29, 0.717) is 11.4 Å². The summed E-state index contributed by atoms with van der Waals surface area (Å²) in [6, 6.07) is 21.7. The molecule has 0 spiro atoms. The van der Waals surface area contributed by atoms with Crippen molar-refractivity contribution >= 4 is 29.3 Å². The third kappa shape index (κ3) is 2.40. The molecule has 0 saturated carbocycles. The Kier molecular flexibility index (Phi) is 4.21. The first kappa shape index (κ1) is 20.5. The Hall–Kier alpha value is -4.06. The summed E-state index contributed by atoms with van der Waals surface area (Å²) in [6.45, 7) is 2.82. The Morgan fingerprint density at radius 1 is 0.794 bits per heavy atom. The lowest BCUT2D eigenvalue weighted by Gasteiger charge is -2.52. The van der Waals surface area contributed by atoms with Gasteiger partial charge in [-0.25, -0.2) is 4.90 Å². The number of nitrogens with zero attached hydrogens (tertiary/aromatic N) is 1. The predicted octanol–water partition coefficient (Wildman–Crippen LogP) is 3.75. The fourth-order valence-electron chi connectivity index (χ4n) is 6.45. The molecule has 1 fully saturated rings. The highest BCUT2D eigenvalue weighted by molar-refractivity contribution is 6.25.